The molecular weight excluding hydrogens is 495 g/mol. The summed E-state index contributed by atoms with van der Waals surface area (Å²) in [6.07, 6.45) is 0. The largest absolute Gasteiger partial charge is 0.344 e. The highest BCUT2D eigenvalue weighted by Crippen LogP contribution is 2.32. The molecular formula is C26H23N5OS3. The van der Waals surface area contributed by atoms with Crippen LogP contribution < -0.4 is 5.32 Å². The van der Waals surface area contributed by atoms with Crippen LogP contribution in [0.1, 0.15) is 39.6 Å². The molecule has 9 heteroatoms. The van der Waals surface area contributed by atoms with E-state index in [2.05, 4.69) is 56.3 Å². The van der Waals surface area contributed by atoms with Gasteiger partial charge in [0.15, 0.2) is 11.0 Å². The van der Waals surface area contributed by atoms with Crippen LogP contribution in [0.3, 0.4) is 0 Å². The predicted octanol–water partition coefficient (Wildman–Crippen LogP) is 6.54. The highest BCUT2D eigenvalue weighted by molar-refractivity contribution is 7.98. The Kier molecular flexibility index (Phi) is 7.08. The quantitative estimate of drug-likeness (QED) is 0.237. The Morgan fingerprint density at radius 1 is 1.06 bits per heavy atom. The summed E-state index contributed by atoms with van der Waals surface area (Å²) in [5.74, 6) is 1.25. The number of rotatable bonds is 8. The van der Waals surface area contributed by atoms with Crippen molar-refractivity contribution in [3.05, 3.63) is 99.3 Å². The van der Waals surface area contributed by atoms with Crippen molar-refractivity contribution in [3.8, 4) is 16.4 Å². The van der Waals surface area contributed by atoms with E-state index >= 15 is 0 Å². The van der Waals surface area contributed by atoms with Gasteiger partial charge in [0.2, 0.25) is 0 Å². The van der Waals surface area contributed by atoms with E-state index < -0.39 is 0 Å². The molecule has 0 saturated heterocycles. The monoisotopic (exact) mass is 517 g/mol. The third kappa shape index (κ3) is 5.37. The summed E-state index contributed by atoms with van der Waals surface area (Å²) in [5, 5.41) is 17.5. The first-order valence-corrected chi connectivity index (χ1v) is 13.8. The molecule has 1 atom stereocenters. The molecule has 2 aromatic carbocycles. The SMILES string of the molecule is Cc1cccc(-n2c(SCc3nc(C(=O)NC(C)c4ccccc4)cs3)nnc2-c2cccs2)c1. The molecule has 0 fully saturated rings. The van der Waals surface area contributed by atoms with E-state index in [4.69, 9.17) is 0 Å². The van der Waals surface area contributed by atoms with Crippen LogP contribution in [0.4, 0.5) is 0 Å². The number of hydrogen-bond acceptors (Lipinski definition) is 7. The lowest BCUT2D eigenvalue weighted by molar-refractivity contribution is 0.0935. The van der Waals surface area contributed by atoms with Gasteiger partial charge in [-0.2, -0.15) is 0 Å². The average Bonchev–Trinajstić information content (AvgIpc) is 3.64. The zero-order chi connectivity index (χ0) is 24.2. The summed E-state index contributed by atoms with van der Waals surface area (Å²) < 4.78 is 2.09. The Hall–Kier alpha value is -3.27. The standard InChI is InChI=1S/C26H23N5OS3/c1-17-8-6-11-20(14-17)31-24(22-12-7-13-33-22)29-30-26(31)35-16-23-28-21(15-34-23)25(32)27-18(2)19-9-4-3-5-10-19/h3-15,18H,16H2,1-2H3,(H,27,32). The fourth-order valence-electron chi connectivity index (χ4n) is 3.63. The first kappa shape index (κ1) is 23.5. The second kappa shape index (κ2) is 10.6. The topological polar surface area (TPSA) is 72.7 Å². The number of nitrogens with one attached hydrogen (secondary N) is 1. The van der Waals surface area contributed by atoms with Crippen LogP contribution in [0.25, 0.3) is 16.4 Å². The number of aryl methyl sites for hydroxylation is 1. The molecule has 1 unspecified atom stereocenters. The van der Waals surface area contributed by atoms with Crippen LogP contribution in [0.15, 0.2) is 82.6 Å². The van der Waals surface area contributed by atoms with Crippen molar-refractivity contribution in [1.82, 2.24) is 25.1 Å². The van der Waals surface area contributed by atoms with Crippen LogP contribution in [-0.4, -0.2) is 25.7 Å². The summed E-state index contributed by atoms with van der Waals surface area (Å²) in [5.41, 5.74) is 3.69. The van der Waals surface area contributed by atoms with Crippen LogP contribution in [-0.2, 0) is 5.75 Å². The number of amides is 1. The van der Waals surface area contributed by atoms with Gasteiger partial charge in [-0.05, 0) is 48.6 Å². The maximum Gasteiger partial charge on any atom is 0.271 e. The highest BCUT2D eigenvalue weighted by Gasteiger charge is 2.19. The summed E-state index contributed by atoms with van der Waals surface area (Å²) in [6, 6.07) is 22.2. The Labute approximate surface area is 216 Å². The van der Waals surface area contributed by atoms with Crippen LogP contribution in [0, 0.1) is 6.92 Å². The Balaban J connectivity index is 1.32. The molecule has 3 heterocycles. The minimum Gasteiger partial charge on any atom is -0.344 e. The fourth-order valence-corrected chi connectivity index (χ4v) is 6.07. The third-order valence-corrected chi connectivity index (χ3v) is 8.23. The van der Waals surface area contributed by atoms with E-state index in [1.54, 1.807) is 23.1 Å². The predicted molar refractivity (Wildman–Crippen MR) is 143 cm³/mol. The smallest absolute Gasteiger partial charge is 0.271 e. The maximum atomic E-state index is 12.7. The molecule has 3 aromatic heterocycles. The first-order valence-electron chi connectivity index (χ1n) is 11.1. The van der Waals surface area contributed by atoms with Crippen molar-refractivity contribution in [2.45, 2.75) is 30.8 Å². The molecule has 5 rings (SSSR count). The molecule has 176 valence electrons. The molecule has 5 aromatic rings. The van der Waals surface area contributed by atoms with Crippen molar-refractivity contribution >= 4 is 40.3 Å². The zero-order valence-corrected chi connectivity index (χ0v) is 21.7. The Morgan fingerprint density at radius 2 is 1.91 bits per heavy atom. The second-order valence-electron chi connectivity index (χ2n) is 7.98. The molecule has 0 bridgehead atoms. The van der Waals surface area contributed by atoms with E-state index in [9.17, 15) is 4.79 Å². The number of thiazole rings is 1. The van der Waals surface area contributed by atoms with Crippen LogP contribution in [0.2, 0.25) is 0 Å². The number of benzene rings is 2. The first-order chi connectivity index (χ1) is 17.1. The number of hydrogen-bond donors (Lipinski definition) is 1. The number of aromatic nitrogens is 4. The molecule has 35 heavy (non-hydrogen) atoms. The molecule has 0 aliphatic heterocycles. The van der Waals surface area contributed by atoms with Gasteiger partial charge in [-0.1, -0.05) is 60.3 Å². The molecule has 1 N–H and O–H groups in total. The van der Waals surface area contributed by atoms with Gasteiger partial charge in [-0.3, -0.25) is 9.36 Å². The lowest BCUT2D eigenvalue weighted by atomic mass is 10.1. The second-order valence-corrected chi connectivity index (χ2v) is 10.8. The molecule has 6 nitrogen and oxygen atoms in total. The van der Waals surface area contributed by atoms with E-state index in [-0.39, 0.29) is 11.9 Å². The van der Waals surface area contributed by atoms with E-state index in [0.717, 1.165) is 32.1 Å². The number of carbonyl (C=O) groups excluding carboxylic acids is 1. The average molecular weight is 518 g/mol. The van der Waals surface area contributed by atoms with Gasteiger partial charge < -0.3 is 5.32 Å². The highest BCUT2D eigenvalue weighted by atomic mass is 32.2. The lowest BCUT2D eigenvalue weighted by Crippen LogP contribution is -2.26. The van der Waals surface area contributed by atoms with Gasteiger partial charge in [0, 0.05) is 5.38 Å². The van der Waals surface area contributed by atoms with E-state index in [1.807, 2.05) is 60.1 Å². The summed E-state index contributed by atoms with van der Waals surface area (Å²) in [4.78, 5) is 18.4. The van der Waals surface area contributed by atoms with Crippen molar-refractivity contribution in [1.29, 1.82) is 0 Å². The van der Waals surface area contributed by atoms with Gasteiger partial charge in [0.05, 0.1) is 22.4 Å². The normalized spacial score (nSPS) is 11.9. The minimum atomic E-state index is -0.170. The molecule has 0 saturated carbocycles. The Bertz CT molecular complexity index is 1430. The van der Waals surface area contributed by atoms with Gasteiger partial charge in [-0.25, -0.2) is 4.98 Å². The molecule has 0 radical (unpaired) electrons. The molecule has 0 spiro atoms. The van der Waals surface area contributed by atoms with Crippen molar-refractivity contribution < 1.29 is 4.79 Å². The lowest BCUT2D eigenvalue weighted by Gasteiger charge is -2.13. The van der Waals surface area contributed by atoms with Crippen LogP contribution >= 0.6 is 34.4 Å². The number of nitrogens with zero attached hydrogens (tertiary/aromatic N) is 4. The molecule has 0 aliphatic carbocycles. The van der Waals surface area contributed by atoms with Gasteiger partial charge >= 0.3 is 0 Å². The van der Waals surface area contributed by atoms with E-state index in [1.165, 1.54) is 16.9 Å². The number of thioether (sulfide) groups is 1. The Morgan fingerprint density at radius 3 is 2.69 bits per heavy atom. The van der Waals surface area contributed by atoms with Crippen molar-refractivity contribution in [2.24, 2.45) is 0 Å². The number of carbonyl (C=O) groups is 1. The summed E-state index contributed by atoms with van der Waals surface area (Å²) in [7, 11) is 0. The fraction of sp³-hybridized carbons (Fsp3) is 0.154. The molecule has 0 aliphatic rings. The van der Waals surface area contributed by atoms with Gasteiger partial charge in [0.1, 0.15) is 10.7 Å². The summed E-state index contributed by atoms with van der Waals surface area (Å²) >= 11 is 4.68. The van der Waals surface area contributed by atoms with Gasteiger partial charge in [-0.15, -0.1) is 32.9 Å². The van der Waals surface area contributed by atoms with E-state index in [0.29, 0.717) is 11.4 Å². The third-order valence-electron chi connectivity index (χ3n) is 5.39. The summed E-state index contributed by atoms with van der Waals surface area (Å²) in [6.45, 7) is 4.05. The number of thiophene rings is 1. The van der Waals surface area contributed by atoms with Crippen molar-refractivity contribution in [3.63, 3.8) is 0 Å². The van der Waals surface area contributed by atoms with Gasteiger partial charge in [0.25, 0.3) is 5.91 Å². The maximum absolute atomic E-state index is 12.7. The van der Waals surface area contributed by atoms with Crippen LogP contribution in [0.5, 0.6) is 0 Å². The minimum absolute atomic E-state index is 0.0909. The van der Waals surface area contributed by atoms with Crippen molar-refractivity contribution in [2.75, 3.05) is 0 Å². The molecule has 1 amide bonds. The zero-order valence-electron chi connectivity index (χ0n) is 19.2.